The number of carbonyl (C=O) groups excluding carboxylic acids is 2. The lowest BCUT2D eigenvalue weighted by atomic mass is 10.0. The molecule has 0 saturated carbocycles. The highest BCUT2D eigenvalue weighted by Gasteiger charge is 2.19. The van der Waals surface area contributed by atoms with Crippen LogP contribution >= 0.6 is 0 Å². The molecule has 0 spiro atoms. The van der Waals surface area contributed by atoms with Crippen LogP contribution in [0, 0.1) is 5.82 Å². The van der Waals surface area contributed by atoms with Crippen LogP contribution in [0.5, 0.6) is 0 Å². The standard InChI is InChI=1S/C23H23FN8O3/c1-32-30-21(29-31-32)16-6-4-15(5-7-16)20(12-33)28-23(35)19-10-18(26-13-27-19)22(34)25-11-14-2-8-17(24)9-3-14/h2-10,13,20,31,33H,11-12H2,1H3,(H,25,34)(H,28,35)(H,29,30)/t20-/m0/s1. The molecule has 1 aliphatic rings. The van der Waals surface area contributed by atoms with E-state index in [0.29, 0.717) is 17.0 Å². The first-order chi connectivity index (χ1) is 16.9. The molecule has 0 saturated heterocycles. The van der Waals surface area contributed by atoms with Crippen LogP contribution in [0.3, 0.4) is 0 Å². The number of hydrogen-bond donors (Lipinski definition) is 5. The van der Waals surface area contributed by atoms with Crippen LogP contribution in [-0.4, -0.2) is 51.5 Å². The molecule has 1 aliphatic heterocycles. The van der Waals surface area contributed by atoms with Gasteiger partial charge in [-0.1, -0.05) is 36.4 Å². The van der Waals surface area contributed by atoms with E-state index in [1.54, 1.807) is 36.4 Å². The minimum Gasteiger partial charge on any atom is -0.394 e. The van der Waals surface area contributed by atoms with Gasteiger partial charge in [0.2, 0.25) is 0 Å². The van der Waals surface area contributed by atoms with Gasteiger partial charge in [-0.15, -0.1) is 10.2 Å². The molecule has 0 fully saturated rings. The Kier molecular flexibility index (Phi) is 7.24. The number of amidine groups is 1. The van der Waals surface area contributed by atoms with Crippen molar-refractivity contribution in [3.63, 3.8) is 0 Å². The normalized spacial score (nSPS) is 13.9. The Morgan fingerprint density at radius 2 is 1.74 bits per heavy atom. The second-order valence-electron chi connectivity index (χ2n) is 7.66. The number of benzene rings is 2. The summed E-state index contributed by atoms with van der Waals surface area (Å²) in [5.41, 5.74) is 7.94. The summed E-state index contributed by atoms with van der Waals surface area (Å²) in [5.74, 6) is -0.816. The predicted octanol–water partition coefficient (Wildman–Crippen LogP) is 0.625. The van der Waals surface area contributed by atoms with Gasteiger partial charge in [-0.3, -0.25) is 15.0 Å². The first kappa shape index (κ1) is 23.7. The number of carbonyl (C=O) groups is 2. The van der Waals surface area contributed by atoms with E-state index in [9.17, 15) is 19.1 Å². The lowest BCUT2D eigenvalue weighted by molar-refractivity contribution is 0.0911. The molecule has 1 atom stereocenters. The van der Waals surface area contributed by atoms with Gasteiger partial charge >= 0.3 is 0 Å². The van der Waals surface area contributed by atoms with Gasteiger partial charge < -0.3 is 15.7 Å². The van der Waals surface area contributed by atoms with Gasteiger partial charge in [0.15, 0.2) is 5.84 Å². The van der Waals surface area contributed by atoms with Gasteiger partial charge in [-0.05, 0) is 23.3 Å². The Hall–Kier alpha value is -4.42. The van der Waals surface area contributed by atoms with Crippen LogP contribution in [0.2, 0.25) is 0 Å². The largest absolute Gasteiger partial charge is 0.394 e. The Morgan fingerprint density at radius 1 is 1.06 bits per heavy atom. The molecule has 0 bridgehead atoms. The van der Waals surface area contributed by atoms with E-state index < -0.39 is 17.9 Å². The molecular formula is C23H23FN8O3. The zero-order chi connectivity index (χ0) is 24.8. The number of nitrogens with zero attached hydrogens (tertiary/aromatic N) is 4. The van der Waals surface area contributed by atoms with E-state index in [-0.39, 0.29) is 30.4 Å². The fourth-order valence-corrected chi connectivity index (χ4v) is 3.28. The first-order valence-electron chi connectivity index (χ1n) is 10.6. The molecule has 11 nitrogen and oxygen atoms in total. The number of aromatic nitrogens is 2. The summed E-state index contributed by atoms with van der Waals surface area (Å²) in [5, 5.41) is 20.9. The van der Waals surface area contributed by atoms with Crippen molar-refractivity contribution in [2.45, 2.75) is 12.6 Å². The molecule has 2 heterocycles. The van der Waals surface area contributed by atoms with Gasteiger partial charge in [-0.25, -0.2) is 19.9 Å². The third-order valence-corrected chi connectivity index (χ3v) is 5.16. The maximum Gasteiger partial charge on any atom is 0.270 e. The topological polar surface area (TPSA) is 144 Å². The molecule has 5 N–H and O–H groups in total. The van der Waals surface area contributed by atoms with Crippen LogP contribution in [0.15, 0.2) is 66.0 Å². The lowest BCUT2D eigenvalue weighted by Crippen LogP contribution is -2.37. The van der Waals surface area contributed by atoms with E-state index in [1.165, 1.54) is 18.2 Å². The lowest BCUT2D eigenvalue weighted by Gasteiger charge is -2.17. The summed E-state index contributed by atoms with van der Waals surface area (Å²) in [6.07, 6.45) is 1.12. The third-order valence-electron chi connectivity index (χ3n) is 5.16. The quantitative estimate of drug-likeness (QED) is 0.317. The smallest absolute Gasteiger partial charge is 0.270 e. The Balaban J connectivity index is 1.39. The summed E-state index contributed by atoms with van der Waals surface area (Å²) >= 11 is 0. The monoisotopic (exact) mass is 478 g/mol. The van der Waals surface area contributed by atoms with Crippen molar-refractivity contribution < 1.29 is 19.1 Å². The fourth-order valence-electron chi connectivity index (χ4n) is 3.28. The Bertz CT molecular complexity index is 1230. The average molecular weight is 478 g/mol. The summed E-state index contributed by atoms with van der Waals surface area (Å²) in [4.78, 5) is 33.1. The fraction of sp³-hybridized carbons (Fsp3) is 0.174. The van der Waals surface area contributed by atoms with Crippen molar-refractivity contribution in [1.29, 1.82) is 0 Å². The van der Waals surface area contributed by atoms with Gasteiger partial charge in [0.25, 0.3) is 11.8 Å². The number of halogens is 1. The van der Waals surface area contributed by atoms with Crippen LogP contribution in [0.25, 0.3) is 0 Å². The molecule has 35 heavy (non-hydrogen) atoms. The van der Waals surface area contributed by atoms with Crippen molar-refractivity contribution >= 4 is 17.6 Å². The van der Waals surface area contributed by atoms with Gasteiger partial charge in [0, 0.05) is 25.2 Å². The maximum atomic E-state index is 13.0. The van der Waals surface area contributed by atoms with Crippen molar-refractivity contribution in [3.05, 3.63) is 94.8 Å². The second kappa shape index (κ2) is 10.7. The van der Waals surface area contributed by atoms with Gasteiger partial charge in [0.05, 0.1) is 12.6 Å². The van der Waals surface area contributed by atoms with Crippen molar-refractivity contribution in [2.75, 3.05) is 13.7 Å². The minimum atomic E-state index is -0.693. The molecule has 0 aliphatic carbocycles. The van der Waals surface area contributed by atoms with Crippen LogP contribution < -0.4 is 21.6 Å². The van der Waals surface area contributed by atoms with Crippen molar-refractivity contribution in [2.24, 2.45) is 5.10 Å². The molecule has 4 rings (SSSR count). The van der Waals surface area contributed by atoms with Crippen LogP contribution in [0.1, 0.15) is 43.7 Å². The average Bonchev–Trinajstić information content (AvgIpc) is 3.33. The van der Waals surface area contributed by atoms with Crippen molar-refractivity contribution in [3.8, 4) is 0 Å². The summed E-state index contributed by atoms with van der Waals surface area (Å²) in [6, 6.07) is 13.5. The Morgan fingerprint density at radius 3 is 2.37 bits per heavy atom. The molecule has 12 heteroatoms. The van der Waals surface area contributed by atoms with E-state index in [0.717, 1.165) is 11.9 Å². The maximum absolute atomic E-state index is 13.0. The highest BCUT2D eigenvalue weighted by atomic mass is 19.1. The molecule has 2 amide bonds. The Labute approximate surface area is 200 Å². The van der Waals surface area contributed by atoms with Crippen LogP contribution in [-0.2, 0) is 6.54 Å². The summed E-state index contributed by atoms with van der Waals surface area (Å²) < 4.78 is 13.0. The van der Waals surface area contributed by atoms with E-state index in [4.69, 9.17) is 0 Å². The molecule has 3 aromatic rings. The van der Waals surface area contributed by atoms with E-state index in [2.05, 4.69) is 36.7 Å². The number of amides is 2. The molecule has 1 aromatic heterocycles. The zero-order valence-corrected chi connectivity index (χ0v) is 18.7. The number of hydrogen-bond acceptors (Lipinski definition) is 9. The molecule has 180 valence electrons. The minimum absolute atomic E-state index is 0.000536. The number of rotatable bonds is 8. The number of aliphatic hydroxyl groups is 1. The number of hydrazone groups is 1. The summed E-state index contributed by atoms with van der Waals surface area (Å²) in [7, 11) is 1.77. The summed E-state index contributed by atoms with van der Waals surface area (Å²) in [6.45, 7) is -0.174. The number of hydrazine groups is 2. The van der Waals surface area contributed by atoms with Crippen LogP contribution in [0.4, 0.5) is 4.39 Å². The number of aliphatic hydroxyl groups excluding tert-OH is 1. The van der Waals surface area contributed by atoms with Gasteiger partial charge in [-0.2, -0.15) is 0 Å². The van der Waals surface area contributed by atoms with Crippen molar-refractivity contribution in [1.82, 2.24) is 36.7 Å². The zero-order valence-electron chi connectivity index (χ0n) is 18.7. The second-order valence-corrected chi connectivity index (χ2v) is 7.66. The van der Waals surface area contributed by atoms with E-state index >= 15 is 0 Å². The molecule has 2 aromatic carbocycles. The highest BCUT2D eigenvalue weighted by molar-refractivity contribution is 5.99. The third kappa shape index (κ3) is 5.93. The molecule has 0 unspecified atom stereocenters. The van der Waals surface area contributed by atoms with E-state index in [1.807, 2.05) is 12.1 Å². The predicted molar refractivity (Wildman–Crippen MR) is 124 cm³/mol. The van der Waals surface area contributed by atoms with Gasteiger partial charge in [0.1, 0.15) is 23.5 Å². The number of nitrogens with one attached hydrogen (secondary N) is 4. The first-order valence-corrected chi connectivity index (χ1v) is 10.6. The highest BCUT2D eigenvalue weighted by Crippen LogP contribution is 2.15. The molecular weight excluding hydrogens is 455 g/mol. The SMILES string of the molecule is CN1NN=C(c2ccc([C@H](CO)NC(=O)c3cc(C(=O)NCc4ccc(F)cc4)ncn3)cc2)N1. The molecule has 0 radical (unpaired) electrons.